The van der Waals surface area contributed by atoms with Crippen LogP contribution in [0, 0.1) is 0 Å². The highest BCUT2D eigenvalue weighted by Crippen LogP contribution is 2.35. The van der Waals surface area contributed by atoms with Gasteiger partial charge in [-0.3, -0.25) is 0 Å². The zero-order valence-corrected chi connectivity index (χ0v) is 12.2. The average Bonchev–Trinajstić information content (AvgIpc) is 2.48. The van der Waals surface area contributed by atoms with E-state index < -0.39 is 0 Å². The van der Waals surface area contributed by atoms with E-state index in [1.165, 1.54) is 5.56 Å². The van der Waals surface area contributed by atoms with Gasteiger partial charge < -0.3 is 15.2 Å². The molecule has 0 aromatic heterocycles. The van der Waals surface area contributed by atoms with Crippen LogP contribution >= 0.6 is 0 Å². The lowest BCUT2D eigenvalue weighted by molar-refractivity contribution is 0.376. The molecule has 0 spiro atoms. The van der Waals surface area contributed by atoms with Crippen molar-refractivity contribution >= 4 is 0 Å². The monoisotopic (exact) mass is 271 g/mol. The molecular formula is C17H21NO2. The predicted molar refractivity (Wildman–Crippen MR) is 81.5 cm³/mol. The molecule has 0 unspecified atom stereocenters. The Balaban J connectivity index is 2.35. The molecule has 0 heterocycles. The quantitative estimate of drug-likeness (QED) is 0.891. The molecule has 0 radical (unpaired) electrons. The number of benzene rings is 2. The van der Waals surface area contributed by atoms with Gasteiger partial charge in [0.15, 0.2) is 11.5 Å². The Morgan fingerprint density at radius 1 is 1.05 bits per heavy atom. The molecule has 0 aliphatic carbocycles. The number of methoxy groups -OCH3 is 1. The summed E-state index contributed by atoms with van der Waals surface area (Å²) in [5, 5.41) is 0. The maximum absolute atomic E-state index is 5.99. The third-order valence-electron chi connectivity index (χ3n) is 3.27. The van der Waals surface area contributed by atoms with E-state index in [2.05, 4.69) is 6.92 Å². The van der Waals surface area contributed by atoms with Crippen LogP contribution in [0.2, 0.25) is 0 Å². The Morgan fingerprint density at radius 2 is 1.80 bits per heavy atom. The van der Waals surface area contributed by atoms with Crippen LogP contribution in [-0.2, 0) is 6.42 Å². The summed E-state index contributed by atoms with van der Waals surface area (Å²) in [5.41, 5.74) is 8.17. The number of ether oxygens (including phenoxy) is 2. The molecule has 2 aromatic rings. The molecule has 2 aromatic carbocycles. The van der Waals surface area contributed by atoms with Gasteiger partial charge in [-0.15, -0.1) is 0 Å². The first-order chi connectivity index (χ1) is 9.65. The molecule has 106 valence electrons. The van der Waals surface area contributed by atoms with Crippen molar-refractivity contribution in [1.82, 2.24) is 0 Å². The lowest BCUT2D eigenvalue weighted by atomic mass is 10.1. The third kappa shape index (κ3) is 3.11. The summed E-state index contributed by atoms with van der Waals surface area (Å²) in [5.74, 6) is 2.21. The van der Waals surface area contributed by atoms with Gasteiger partial charge in [-0.1, -0.05) is 31.2 Å². The van der Waals surface area contributed by atoms with Crippen LogP contribution in [0.1, 0.15) is 31.0 Å². The Bertz CT molecular complexity index is 579. The number of aryl methyl sites for hydroxylation is 1. The van der Waals surface area contributed by atoms with Gasteiger partial charge in [0.05, 0.1) is 7.11 Å². The Kier molecular flexibility index (Phi) is 4.64. The summed E-state index contributed by atoms with van der Waals surface area (Å²) in [6, 6.07) is 13.7. The van der Waals surface area contributed by atoms with Gasteiger partial charge in [0.25, 0.3) is 0 Å². The first-order valence-electron chi connectivity index (χ1n) is 6.85. The molecule has 0 saturated heterocycles. The lowest BCUT2D eigenvalue weighted by Gasteiger charge is -2.16. The fourth-order valence-corrected chi connectivity index (χ4v) is 2.08. The molecule has 2 rings (SSSR count). The molecule has 20 heavy (non-hydrogen) atoms. The lowest BCUT2D eigenvalue weighted by Crippen LogP contribution is -2.06. The molecule has 0 aliphatic rings. The number of hydrogen-bond acceptors (Lipinski definition) is 3. The van der Waals surface area contributed by atoms with Crippen molar-refractivity contribution in [2.75, 3.05) is 7.11 Å². The van der Waals surface area contributed by atoms with E-state index in [1.54, 1.807) is 7.11 Å². The van der Waals surface area contributed by atoms with Crippen LogP contribution in [0.25, 0.3) is 0 Å². The molecule has 0 bridgehead atoms. The average molecular weight is 271 g/mol. The van der Waals surface area contributed by atoms with Gasteiger partial charge in [-0.05, 0) is 37.1 Å². The maximum atomic E-state index is 5.99. The molecule has 0 saturated carbocycles. The Morgan fingerprint density at radius 3 is 2.45 bits per heavy atom. The largest absolute Gasteiger partial charge is 0.493 e. The summed E-state index contributed by atoms with van der Waals surface area (Å²) in [7, 11) is 1.65. The summed E-state index contributed by atoms with van der Waals surface area (Å²) >= 11 is 0. The predicted octanol–water partition coefficient (Wildman–Crippen LogP) is 4.07. The van der Waals surface area contributed by atoms with Crippen LogP contribution in [0.3, 0.4) is 0 Å². The summed E-state index contributed by atoms with van der Waals surface area (Å²) in [6.07, 6.45) is 0.965. The number of hydrogen-bond donors (Lipinski definition) is 1. The van der Waals surface area contributed by atoms with Gasteiger partial charge in [-0.25, -0.2) is 0 Å². The van der Waals surface area contributed by atoms with Crippen molar-refractivity contribution in [3.63, 3.8) is 0 Å². The number of nitrogens with two attached hydrogens (primary N) is 1. The van der Waals surface area contributed by atoms with E-state index in [9.17, 15) is 0 Å². The van der Waals surface area contributed by atoms with E-state index in [0.29, 0.717) is 5.75 Å². The summed E-state index contributed by atoms with van der Waals surface area (Å²) < 4.78 is 11.4. The molecule has 1 atom stereocenters. The second-order valence-electron chi connectivity index (χ2n) is 4.77. The molecule has 0 amide bonds. The number of para-hydroxylation sites is 1. The maximum Gasteiger partial charge on any atom is 0.169 e. The van der Waals surface area contributed by atoms with Crippen LogP contribution in [0.4, 0.5) is 0 Å². The summed E-state index contributed by atoms with van der Waals surface area (Å²) in [6.45, 7) is 4.06. The fraction of sp³-hybridized carbons (Fsp3) is 0.294. The molecular weight excluding hydrogens is 250 g/mol. The van der Waals surface area contributed by atoms with Gasteiger partial charge in [0.2, 0.25) is 0 Å². The van der Waals surface area contributed by atoms with Crippen molar-refractivity contribution < 1.29 is 9.47 Å². The summed E-state index contributed by atoms with van der Waals surface area (Å²) in [4.78, 5) is 0. The van der Waals surface area contributed by atoms with Crippen LogP contribution in [-0.4, -0.2) is 7.11 Å². The van der Waals surface area contributed by atoms with E-state index >= 15 is 0 Å². The smallest absolute Gasteiger partial charge is 0.169 e. The number of rotatable bonds is 5. The van der Waals surface area contributed by atoms with Crippen molar-refractivity contribution in [3.05, 3.63) is 53.6 Å². The zero-order chi connectivity index (χ0) is 14.5. The highest BCUT2D eigenvalue weighted by atomic mass is 16.5. The molecule has 0 fully saturated rings. The van der Waals surface area contributed by atoms with E-state index in [1.807, 2.05) is 49.4 Å². The van der Waals surface area contributed by atoms with Crippen LogP contribution in [0.5, 0.6) is 17.2 Å². The minimum Gasteiger partial charge on any atom is -0.493 e. The van der Waals surface area contributed by atoms with Gasteiger partial charge >= 0.3 is 0 Å². The van der Waals surface area contributed by atoms with E-state index in [0.717, 1.165) is 23.5 Å². The minimum absolute atomic E-state index is 0.0768. The standard InChI is InChI=1S/C17H21NO2/c1-4-13-9-10-16(17(11-13)19-3)20-15-8-6-5-7-14(15)12(2)18/h5-12H,4,18H2,1-3H3/t12-/m1/s1. The molecule has 3 heteroatoms. The third-order valence-corrected chi connectivity index (χ3v) is 3.27. The first-order valence-corrected chi connectivity index (χ1v) is 6.85. The molecule has 3 nitrogen and oxygen atoms in total. The molecule has 0 aliphatic heterocycles. The SMILES string of the molecule is CCc1ccc(Oc2ccccc2[C@@H](C)N)c(OC)c1. The van der Waals surface area contributed by atoms with Crippen molar-refractivity contribution in [2.45, 2.75) is 26.3 Å². The van der Waals surface area contributed by atoms with Gasteiger partial charge in [0.1, 0.15) is 5.75 Å². The van der Waals surface area contributed by atoms with Crippen LogP contribution < -0.4 is 15.2 Å². The Hall–Kier alpha value is -2.00. The normalized spacial score (nSPS) is 12.0. The zero-order valence-electron chi connectivity index (χ0n) is 12.2. The van der Waals surface area contributed by atoms with E-state index in [4.69, 9.17) is 15.2 Å². The first kappa shape index (κ1) is 14.4. The second kappa shape index (κ2) is 6.44. The Labute approximate surface area is 120 Å². The fourth-order valence-electron chi connectivity index (χ4n) is 2.08. The minimum atomic E-state index is -0.0768. The second-order valence-corrected chi connectivity index (χ2v) is 4.77. The topological polar surface area (TPSA) is 44.5 Å². The molecule has 2 N–H and O–H groups in total. The van der Waals surface area contributed by atoms with Crippen LogP contribution in [0.15, 0.2) is 42.5 Å². The van der Waals surface area contributed by atoms with Crippen molar-refractivity contribution in [3.8, 4) is 17.2 Å². The van der Waals surface area contributed by atoms with Gasteiger partial charge in [-0.2, -0.15) is 0 Å². The van der Waals surface area contributed by atoms with Crippen molar-refractivity contribution in [2.24, 2.45) is 5.73 Å². The highest BCUT2D eigenvalue weighted by Gasteiger charge is 2.11. The van der Waals surface area contributed by atoms with Crippen molar-refractivity contribution in [1.29, 1.82) is 0 Å². The van der Waals surface area contributed by atoms with E-state index in [-0.39, 0.29) is 6.04 Å². The highest BCUT2D eigenvalue weighted by molar-refractivity contribution is 5.47. The van der Waals surface area contributed by atoms with Gasteiger partial charge in [0, 0.05) is 11.6 Å².